The zero-order valence-corrected chi connectivity index (χ0v) is 17.5. The second-order valence-corrected chi connectivity index (χ2v) is 9.43. The summed E-state index contributed by atoms with van der Waals surface area (Å²) in [4.78, 5) is 13.8. The fraction of sp³-hybridized carbons (Fsp3) is 0.381. The van der Waals surface area contributed by atoms with E-state index in [1.54, 1.807) is 24.3 Å². The fourth-order valence-electron chi connectivity index (χ4n) is 3.34. The Morgan fingerprint density at radius 2 is 1.69 bits per heavy atom. The number of nitrogens with zero attached hydrogens (tertiary/aromatic N) is 1. The van der Waals surface area contributed by atoms with Crippen LogP contribution in [-0.4, -0.2) is 44.8 Å². The summed E-state index contributed by atoms with van der Waals surface area (Å²) in [5.74, 6) is -0.452. The van der Waals surface area contributed by atoms with Gasteiger partial charge in [0.25, 0.3) is 5.91 Å². The third kappa shape index (κ3) is 5.20. The van der Waals surface area contributed by atoms with E-state index in [0.717, 1.165) is 23.3 Å². The van der Waals surface area contributed by atoms with Gasteiger partial charge in [-0.25, -0.2) is 12.8 Å². The van der Waals surface area contributed by atoms with E-state index < -0.39 is 10.0 Å². The normalized spacial score (nSPS) is 17.1. The lowest BCUT2D eigenvalue weighted by atomic mass is 10.2. The summed E-state index contributed by atoms with van der Waals surface area (Å²) in [6.45, 7) is 3.52. The molecule has 1 unspecified atom stereocenters. The summed E-state index contributed by atoms with van der Waals surface area (Å²) in [7, 11) is -1.56. The first-order chi connectivity index (χ1) is 13.8. The number of quaternary nitrogens is 1. The van der Waals surface area contributed by atoms with E-state index in [1.807, 2.05) is 14.0 Å². The quantitative estimate of drug-likeness (QED) is 0.716. The molecule has 0 spiro atoms. The molecule has 2 aromatic rings. The van der Waals surface area contributed by atoms with Gasteiger partial charge < -0.3 is 10.2 Å². The first-order valence-electron chi connectivity index (χ1n) is 9.75. The van der Waals surface area contributed by atoms with Gasteiger partial charge in [0.1, 0.15) is 12.4 Å². The van der Waals surface area contributed by atoms with E-state index in [4.69, 9.17) is 0 Å². The number of amides is 1. The molecule has 0 radical (unpaired) electrons. The van der Waals surface area contributed by atoms with Crippen LogP contribution in [0, 0.1) is 5.82 Å². The third-order valence-corrected chi connectivity index (χ3v) is 7.27. The van der Waals surface area contributed by atoms with Crippen molar-refractivity contribution >= 4 is 21.6 Å². The zero-order valence-electron chi connectivity index (χ0n) is 16.7. The molecule has 1 heterocycles. The summed E-state index contributed by atoms with van der Waals surface area (Å²) in [5.41, 5.74) is 1.50. The molecule has 1 aliphatic rings. The number of likely N-dealkylation sites (N-methyl/N-ethyl adjacent to an activating group) is 1. The van der Waals surface area contributed by atoms with Crippen molar-refractivity contribution < 1.29 is 22.5 Å². The van der Waals surface area contributed by atoms with Crippen LogP contribution in [0.15, 0.2) is 53.4 Å². The maximum atomic E-state index is 13.0. The minimum absolute atomic E-state index is 0.167. The van der Waals surface area contributed by atoms with Gasteiger partial charge in [-0.2, -0.15) is 4.31 Å². The van der Waals surface area contributed by atoms with Crippen LogP contribution in [0.4, 0.5) is 10.1 Å². The van der Waals surface area contributed by atoms with E-state index in [9.17, 15) is 17.6 Å². The number of rotatable bonds is 7. The number of sulfonamides is 1. The average Bonchev–Trinajstić information content (AvgIpc) is 3.25. The van der Waals surface area contributed by atoms with Crippen molar-refractivity contribution in [2.24, 2.45) is 0 Å². The zero-order chi connectivity index (χ0) is 21.0. The van der Waals surface area contributed by atoms with Gasteiger partial charge in [-0.3, -0.25) is 4.79 Å². The Hall–Kier alpha value is -2.29. The van der Waals surface area contributed by atoms with Crippen molar-refractivity contribution in [2.75, 3.05) is 25.5 Å². The van der Waals surface area contributed by atoms with Gasteiger partial charge in [-0.1, -0.05) is 12.1 Å². The maximum Gasteiger partial charge on any atom is 0.282 e. The number of halogens is 1. The molecule has 0 bridgehead atoms. The summed E-state index contributed by atoms with van der Waals surface area (Å²) >= 11 is 0. The highest BCUT2D eigenvalue weighted by Gasteiger charge is 2.27. The van der Waals surface area contributed by atoms with Crippen molar-refractivity contribution in [3.8, 4) is 0 Å². The van der Waals surface area contributed by atoms with Gasteiger partial charge in [-0.05, 0) is 56.2 Å². The SMILES string of the molecule is C[C@H](C(=O)Nc1ccc(S(=O)(=O)N2CCCC2)cc1)[NH+](C)Cc1ccc(F)cc1. The van der Waals surface area contributed by atoms with Gasteiger partial charge in [0, 0.05) is 24.3 Å². The Kier molecular flexibility index (Phi) is 6.66. The molecule has 2 N–H and O–H groups in total. The molecule has 1 amide bonds. The number of hydrogen-bond donors (Lipinski definition) is 2. The van der Waals surface area contributed by atoms with Crippen LogP contribution in [0.25, 0.3) is 0 Å². The molecule has 1 saturated heterocycles. The van der Waals surface area contributed by atoms with Crippen molar-refractivity contribution in [3.05, 3.63) is 59.9 Å². The Morgan fingerprint density at radius 1 is 1.10 bits per heavy atom. The van der Waals surface area contributed by atoms with Gasteiger partial charge in [0.15, 0.2) is 6.04 Å². The first-order valence-corrected chi connectivity index (χ1v) is 11.2. The second kappa shape index (κ2) is 9.02. The average molecular weight is 421 g/mol. The van der Waals surface area contributed by atoms with Crippen LogP contribution >= 0.6 is 0 Å². The van der Waals surface area contributed by atoms with Crippen LogP contribution in [0.1, 0.15) is 25.3 Å². The van der Waals surface area contributed by atoms with E-state index in [-0.39, 0.29) is 22.7 Å². The van der Waals surface area contributed by atoms with Crippen LogP contribution < -0.4 is 10.2 Å². The molecule has 29 heavy (non-hydrogen) atoms. The van der Waals surface area contributed by atoms with Crippen molar-refractivity contribution in [3.63, 3.8) is 0 Å². The molecule has 6 nitrogen and oxygen atoms in total. The van der Waals surface area contributed by atoms with Crippen LogP contribution in [0.5, 0.6) is 0 Å². The van der Waals surface area contributed by atoms with E-state index in [1.165, 1.54) is 28.6 Å². The van der Waals surface area contributed by atoms with Gasteiger partial charge in [-0.15, -0.1) is 0 Å². The van der Waals surface area contributed by atoms with E-state index in [2.05, 4.69) is 5.32 Å². The molecule has 0 saturated carbocycles. The van der Waals surface area contributed by atoms with Gasteiger partial charge in [0.05, 0.1) is 11.9 Å². The van der Waals surface area contributed by atoms with Crippen LogP contribution in [0.2, 0.25) is 0 Å². The minimum atomic E-state index is -3.46. The predicted octanol–water partition coefficient (Wildman–Crippen LogP) is 1.65. The van der Waals surface area contributed by atoms with Crippen molar-refractivity contribution in [1.82, 2.24) is 4.31 Å². The molecule has 3 rings (SSSR count). The van der Waals surface area contributed by atoms with Gasteiger partial charge >= 0.3 is 0 Å². The molecular formula is C21H27FN3O3S+. The number of benzene rings is 2. The third-order valence-electron chi connectivity index (χ3n) is 5.35. The lowest BCUT2D eigenvalue weighted by Gasteiger charge is -2.21. The highest BCUT2D eigenvalue weighted by molar-refractivity contribution is 7.89. The van der Waals surface area contributed by atoms with Crippen molar-refractivity contribution in [2.45, 2.75) is 37.2 Å². The van der Waals surface area contributed by atoms with Crippen LogP contribution in [0.3, 0.4) is 0 Å². The number of nitrogens with one attached hydrogen (secondary N) is 2. The Balaban J connectivity index is 1.60. The second-order valence-electron chi connectivity index (χ2n) is 7.50. The highest BCUT2D eigenvalue weighted by Crippen LogP contribution is 2.22. The lowest BCUT2D eigenvalue weighted by molar-refractivity contribution is -0.907. The Labute approximate surface area is 171 Å². The largest absolute Gasteiger partial charge is 0.324 e. The predicted molar refractivity (Wildman–Crippen MR) is 110 cm³/mol. The smallest absolute Gasteiger partial charge is 0.282 e. The maximum absolute atomic E-state index is 13.0. The summed E-state index contributed by atoms with van der Waals surface area (Å²) in [6.07, 6.45) is 1.78. The minimum Gasteiger partial charge on any atom is -0.324 e. The number of anilines is 1. The molecule has 1 aliphatic heterocycles. The molecule has 8 heteroatoms. The lowest BCUT2D eigenvalue weighted by Crippen LogP contribution is -3.12. The Morgan fingerprint density at radius 3 is 2.28 bits per heavy atom. The monoisotopic (exact) mass is 420 g/mol. The fourth-order valence-corrected chi connectivity index (χ4v) is 4.86. The summed E-state index contributed by atoms with van der Waals surface area (Å²) in [5, 5.41) is 2.84. The number of carbonyl (C=O) groups excluding carboxylic acids is 1. The molecule has 2 atom stereocenters. The van der Waals surface area contributed by atoms with Crippen molar-refractivity contribution in [1.29, 1.82) is 0 Å². The molecule has 156 valence electrons. The van der Waals surface area contributed by atoms with Crippen LogP contribution in [-0.2, 0) is 21.4 Å². The summed E-state index contributed by atoms with van der Waals surface area (Å²) < 4.78 is 39.7. The van der Waals surface area contributed by atoms with Gasteiger partial charge in [0.2, 0.25) is 10.0 Å². The standard InChI is InChI=1S/C21H26FN3O3S/c1-16(24(2)15-17-5-7-18(22)8-6-17)21(26)23-19-9-11-20(12-10-19)29(27,28)25-13-3-4-14-25/h5-12,16H,3-4,13-15H2,1-2H3,(H,23,26)/p+1/t16-/m1/s1. The Bertz CT molecular complexity index is 940. The molecule has 1 fully saturated rings. The molecule has 0 aromatic heterocycles. The molecular weight excluding hydrogens is 393 g/mol. The summed E-state index contributed by atoms with van der Waals surface area (Å²) in [6, 6.07) is 12.2. The van der Waals surface area contributed by atoms with E-state index in [0.29, 0.717) is 25.3 Å². The highest BCUT2D eigenvalue weighted by atomic mass is 32.2. The molecule has 0 aliphatic carbocycles. The topological polar surface area (TPSA) is 70.9 Å². The molecule has 2 aromatic carbocycles. The number of hydrogen-bond acceptors (Lipinski definition) is 3. The van der Waals surface area contributed by atoms with E-state index >= 15 is 0 Å². The first kappa shape index (κ1) is 21.4. The number of carbonyl (C=O) groups is 1.